The van der Waals surface area contributed by atoms with Gasteiger partial charge in [0.05, 0.1) is 0 Å². The number of hydrogen-bond donors (Lipinski definition) is 0. The van der Waals surface area contributed by atoms with E-state index in [1.165, 1.54) is 0 Å². The Morgan fingerprint density at radius 1 is 1.40 bits per heavy atom. The third-order valence-corrected chi connectivity index (χ3v) is 1.48. The fourth-order valence-corrected chi connectivity index (χ4v) is 1.04. The third kappa shape index (κ3) is 3.65. The maximum atomic E-state index is 12.4. The van der Waals surface area contributed by atoms with Gasteiger partial charge in [-0.05, 0) is 18.8 Å². The summed E-state index contributed by atoms with van der Waals surface area (Å²) in [5, 5.41) is 0. The summed E-state index contributed by atoms with van der Waals surface area (Å²) in [5.41, 5.74) is 0. The normalized spacial score (nSPS) is 30.8. The zero-order chi connectivity index (χ0) is 7.98. The van der Waals surface area contributed by atoms with Crippen LogP contribution in [-0.2, 0) is 0 Å². The standard InChI is InChI=1S/C7H11F.C2H6/c1-6-3-2-4-7(8)5-6;1-2/h2-3,6-7H,4-5H2,1H3;1-2H3. The molecular formula is C9H17F. The van der Waals surface area contributed by atoms with E-state index in [2.05, 4.69) is 6.08 Å². The molecule has 0 N–H and O–H groups in total. The van der Waals surface area contributed by atoms with Crippen molar-refractivity contribution in [3.63, 3.8) is 0 Å². The van der Waals surface area contributed by atoms with Gasteiger partial charge >= 0.3 is 0 Å². The van der Waals surface area contributed by atoms with Crippen LogP contribution in [0.3, 0.4) is 0 Å². The molecule has 0 saturated heterocycles. The Balaban J connectivity index is 0.000000371. The Kier molecular flexibility index (Phi) is 5.27. The Morgan fingerprint density at radius 2 is 2.00 bits per heavy atom. The van der Waals surface area contributed by atoms with Crippen molar-refractivity contribution in [1.29, 1.82) is 0 Å². The van der Waals surface area contributed by atoms with Gasteiger partial charge in [-0.2, -0.15) is 0 Å². The third-order valence-electron chi connectivity index (χ3n) is 1.48. The molecule has 0 aromatic heterocycles. The van der Waals surface area contributed by atoms with Crippen LogP contribution in [0.15, 0.2) is 12.2 Å². The minimum atomic E-state index is -0.574. The second kappa shape index (κ2) is 5.45. The molecule has 1 heteroatoms. The summed E-state index contributed by atoms with van der Waals surface area (Å²) < 4.78 is 12.4. The lowest BCUT2D eigenvalue weighted by atomic mass is 9.97. The van der Waals surface area contributed by atoms with Gasteiger partial charge in [-0.1, -0.05) is 32.9 Å². The monoisotopic (exact) mass is 144 g/mol. The fraction of sp³-hybridized carbons (Fsp3) is 0.778. The predicted octanol–water partition coefficient (Wildman–Crippen LogP) is 3.34. The van der Waals surface area contributed by atoms with E-state index in [-0.39, 0.29) is 0 Å². The number of alkyl halides is 1. The first-order valence-corrected chi connectivity index (χ1v) is 4.10. The van der Waals surface area contributed by atoms with Crippen LogP contribution < -0.4 is 0 Å². The number of halogens is 1. The van der Waals surface area contributed by atoms with Gasteiger partial charge in [0.1, 0.15) is 6.17 Å². The van der Waals surface area contributed by atoms with Crippen LogP contribution in [0, 0.1) is 5.92 Å². The highest BCUT2D eigenvalue weighted by Gasteiger charge is 2.11. The van der Waals surface area contributed by atoms with Crippen molar-refractivity contribution < 1.29 is 4.39 Å². The number of allylic oxidation sites excluding steroid dienone is 2. The van der Waals surface area contributed by atoms with Crippen LogP contribution in [0.4, 0.5) is 4.39 Å². The molecule has 2 atom stereocenters. The average molecular weight is 144 g/mol. The zero-order valence-electron chi connectivity index (χ0n) is 7.10. The molecule has 0 heterocycles. The van der Waals surface area contributed by atoms with Crippen molar-refractivity contribution in [2.75, 3.05) is 0 Å². The molecule has 10 heavy (non-hydrogen) atoms. The summed E-state index contributed by atoms with van der Waals surface area (Å²) in [4.78, 5) is 0. The lowest BCUT2D eigenvalue weighted by Crippen LogP contribution is -2.08. The van der Waals surface area contributed by atoms with Crippen LogP contribution in [0.1, 0.15) is 33.6 Å². The Labute approximate surface area is 63.1 Å². The molecule has 2 unspecified atom stereocenters. The van der Waals surface area contributed by atoms with Gasteiger partial charge in [-0.3, -0.25) is 0 Å². The van der Waals surface area contributed by atoms with E-state index in [0.717, 1.165) is 6.42 Å². The molecule has 0 nitrogen and oxygen atoms in total. The van der Waals surface area contributed by atoms with E-state index in [4.69, 9.17) is 0 Å². The van der Waals surface area contributed by atoms with Crippen molar-refractivity contribution in [3.05, 3.63) is 12.2 Å². The molecule has 0 aromatic carbocycles. The van der Waals surface area contributed by atoms with Crippen LogP contribution in [0.5, 0.6) is 0 Å². The minimum Gasteiger partial charge on any atom is -0.247 e. The first-order valence-electron chi connectivity index (χ1n) is 4.10. The van der Waals surface area contributed by atoms with Crippen molar-refractivity contribution in [3.8, 4) is 0 Å². The molecular weight excluding hydrogens is 127 g/mol. The molecule has 0 amide bonds. The van der Waals surface area contributed by atoms with Crippen LogP contribution in [0.2, 0.25) is 0 Å². The molecule has 60 valence electrons. The Bertz CT molecular complexity index is 96.9. The maximum absolute atomic E-state index is 12.4. The highest BCUT2D eigenvalue weighted by molar-refractivity contribution is 4.94. The lowest BCUT2D eigenvalue weighted by molar-refractivity contribution is 0.284. The van der Waals surface area contributed by atoms with Gasteiger partial charge in [0, 0.05) is 0 Å². The number of rotatable bonds is 0. The quantitative estimate of drug-likeness (QED) is 0.457. The van der Waals surface area contributed by atoms with Gasteiger partial charge in [0.2, 0.25) is 0 Å². The summed E-state index contributed by atoms with van der Waals surface area (Å²) >= 11 is 0. The van der Waals surface area contributed by atoms with Crippen LogP contribution >= 0.6 is 0 Å². The lowest BCUT2D eigenvalue weighted by Gasteiger charge is -2.13. The van der Waals surface area contributed by atoms with Gasteiger partial charge in [-0.15, -0.1) is 0 Å². The number of hydrogen-bond acceptors (Lipinski definition) is 0. The molecule has 1 aliphatic carbocycles. The summed E-state index contributed by atoms with van der Waals surface area (Å²) in [5.74, 6) is 0.457. The second-order valence-corrected chi connectivity index (χ2v) is 2.47. The Morgan fingerprint density at radius 3 is 2.30 bits per heavy atom. The highest BCUT2D eigenvalue weighted by Crippen LogP contribution is 2.18. The van der Waals surface area contributed by atoms with E-state index in [1.54, 1.807) is 0 Å². The topological polar surface area (TPSA) is 0 Å². The van der Waals surface area contributed by atoms with Gasteiger partial charge in [-0.25, -0.2) is 4.39 Å². The molecule has 0 aliphatic heterocycles. The molecule has 0 saturated carbocycles. The summed E-state index contributed by atoms with van der Waals surface area (Å²) in [6, 6.07) is 0. The Hall–Kier alpha value is -0.330. The summed E-state index contributed by atoms with van der Waals surface area (Å²) in [7, 11) is 0. The molecule has 0 spiro atoms. The molecule has 0 fully saturated rings. The maximum Gasteiger partial charge on any atom is 0.104 e. The van der Waals surface area contributed by atoms with Gasteiger partial charge in [0.25, 0.3) is 0 Å². The highest BCUT2D eigenvalue weighted by atomic mass is 19.1. The second-order valence-electron chi connectivity index (χ2n) is 2.47. The minimum absolute atomic E-state index is 0.457. The molecule has 0 radical (unpaired) electrons. The van der Waals surface area contributed by atoms with E-state index in [9.17, 15) is 4.39 Å². The van der Waals surface area contributed by atoms with Crippen LogP contribution in [0.25, 0.3) is 0 Å². The smallest absolute Gasteiger partial charge is 0.104 e. The van der Waals surface area contributed by atoms with Crippen molar-refractivity contribution in [1.82, 2.24) is 0 Å². The van der Waals surface area contributed by atoms with Gasteiger partial charge in [0.15, 0.2) is 0 Å². The van der Waals surface area contributed by atoms with E-state index < -0.39 is 6.17 Å². The molecule has 0 aromatic rings. The molecule has 1 aliphatic rings. The predicted molar refractivity (Wildman–Crippen MR) is 43.8 cm³/mol. The van der Waals surface area contributed by atoms with Crippen molar-refractivity contribution in [2.24, 2.45) is 5.92 Å². The van der Waals surface area contributed by atoms with E-state index in [0.29, 0.717) is 12.3 Å². The molecule has 1 rings (SSSR count). The molecule has 0 bridgehead atoms. The van der Waals surface area contributed by atoms with E-state index in [1.807, 2.05) is 26.8 Å². The van der Waals surface area contributed by atoms with E-state index >= 15 is 0 Å². The summed E-state index contributed by atoms with van der Waals surface area (Å²) in [6.07, 6.45) is 4.78. The fourth-order valence-electron chi connectivity index (χ4n) is 1.04. The largest absolute Gasteiger partial charge is 0.247 e. The van der Waals surface area contributed by atoms with Crippen LogP contribution in [-0.4, -0.2) is 6.17 Å². The van der Waals surface area contributed by atoms with Crippen molar-refractivity contribution >= 4 is 0 Å². The first-order chi connectivity index (χ1) is 4.79. The average Bonchev–Trinajstić information content (AvgIpc) is 1.91. The summed E-state index contributed by atoms with van der Waals surface area (Å²) in [6.45, 7) is 6.04. The first kappa shape index (κ1) is 9.67. The van der Waals surface area contributed by atoms with Crippen molar-refractivity contribution in [2.45, 2.75) is 39.8 Å². The van der Waals surface area contributed by atoms with Gasteiger partial charge < -0.3 is 0 Å². The SMILES string of the molecule is CC.CC1C=CCC(F)C1. The zero-order valence-corrected chi connectivity index (χ0v) is 7.10.